The van der Waals surface area contributed by atoms with Crippen molar-refractivity contribution in [1.82, 2.24) is 29.2 Å². The van der Waals surface area contributed by atoms with Crippen LogP contribution < -0.4 is 9.64 Å². The highest BCUT2D eigenvalue weighted by atomic mass is 19.3. The molecule has 0 N–H and O–H groups in total. The Morgan fingerprint density at radius 1 is 1.12 bits per heavy atom. The Kier molecular flexibility index (Phi) is 7.25. The maximum Gasteiger partial charge on any atom is 0.410 e. The summed E-state index contributed by atoms with van der Waals surface area (Å²) >= 11 is 0. The van der Waals surface area contributed by atoms with Crippen LogP contribution in [0.25, 0.3) is 22.7 Å². The van der Waals surface area contributed by atoms with Crippen LogP contribution >= 0.6 is 0 Å². The van der Waals surface area contributed by atoms with Gasteiger partial charge in [0, 0.05) is 37.9 Å². The number of aryl methyl sites for hydroxylation is 1. The van der Waals surface area contributed by atoms with Crippen molar-refractivity contribution in [3.63, 3.8) is 0 Å². The van der Waals surface area contributed by atoms with E-state index in [2.05, 4.69) is 20.0 Å². The van der Waals surface area contributed by atoms with Crippen LogP contribution in [0.5, 0.6) is 5.75 Å². The minimum absolute atomic E-state index is 0.0650. The molecule has 13 heteroatoms. The molecule has 4 heterocycles. The molecule has 0 saturated carbocycles. The molecule has 0 aliphatic carbocycles. The maximum absolute atomic E-state index is 13.9. The fraction of sp³-hybridized carbons (Fsp3) is 0.393. The van der Waals surface area contributed by atoms with Gasteiger partial charge in [0.1, 0.15) is 29.6 Å². The van der Waals surface area contributed by atoms with Gasteiger partial charge in [0.15, 0.2) is 11.5 Å². The van der Waals surface area contributed by atoms with Gasteiger partial charge < -0.3 is 19.3 Å². The number of carbonyl (C=O) groups is 1. The van der Waals surface area contributed by atoms with Crippen LogP contribution in [-0.4, -0.2) is 74.2 Å². The van der Waals surface area contributed by atoms with E-state index in [-0.39, 0.29) is 23.2 Å². The summed E-state index contributed by atoms with van der Waals surface area (Å²) in [7, 11) is 1.57. The summed E-state index contributed by atoms with van der Waals surface area (Å²) < 4.78 is 42.0. The van der Waals surface area contributed by atoms with Gasteiger partial charge in [-0.25, -0.2) is 28.2 Å². The van der Waals surface area contributed by atoms with Crippen molar-refractivity contribution < 1.29 is 23.0 Å². The molecule has 1 saturated heterocycles. The fourth-order valence-electron chi connectivity index (χ4n) is 4.74. The number of alkyl halides is 2. The highest BCUT2D eigenvalue weighted by molar-refractivity contribution is 5.85. The predicted molar refractivity (Wildman–Crippen MR) is 147 cm³/mol. The van der Waals surface area contributed by atoms with Gasteiger partial charge in [0.25, 0.3) is 6.43 Å². The second-order valence-corrected chi connectivity index (χ2v) is 10.7. The Morgan fingerprint density at radius 2 is 1.85 bits per heavy atom. The molecule has 0 unspecified atom stereocenters. The van der Waals surface area contributed by atoms with E-state index < -0.39 is 12.0 Å². The van der Waals surface area contributed by atoms with E-state index in [0.29, 0.717) is 54.5 Å². The number of piperazine rings is 1. The number of hydrogen-bond donors (Lipinski definition) is 0. The normalized spacial score (nSPS) is 14.0. The van der Waals surface area contributed by atoms with Gasteiger partial charge in [-0.1, -0.05) is 0 Å². The monoisotopic (exact) mass is 564 g/mol. The topological polar surface area (TPSA) is 114 Å². The van der Waals surface area contributed by atoms with Crippen LogP contribution in [0, 0.1) is 18.3 Å². The third-order valence-corrected chi connectivity index (χ3v) is 6.70. The van der Waals surface area contributed by atoms with Gasteiger partial charge in [-0.15, -0.1) is 0 Å². The minimum Gasteiger partial charge on any atom is -0.495 e. The average Bonchev–Trinajstić information content (AvgIpc) is 3.53. The zero-order chi connectivity index (χ0) is 29.5. The number of nitrogens with zero attached hydrogens (tertiary/aromatic N) is 8. The van der Waals surface area contributed by atoms with E-state index in [1.54, 1.807) is 29.8 Å². The molecule has 5 rings (SSSR count). The van der Waals surface area contributed by atoms with Crippen LogP contribution in [0.3, 0.4) is 0 Å². The summed E-state index contributed by atoms with van der Waals surface area (Å²) in [4.78, 5) is 25.4. The molecule has 214 valence electrons. The standard InChI is InChI=1S/C28H30F2N8O3/c1-17-12-18(15-31)34-38(17)26-19(25(29)30)6-7-24(33-26)37-16-32-20-13-22(23(40-5)14-21(20)37)35-8-10-36(11-9-35)27(39)41-28(2,3)4/h6-7,12-14,16,25H,8-11H2,1-5H3. The summed E-state index contributed by atoms with van der Waals surface area (Å²) in [5.74, 6) is 0.877. The lowest BCUT2D eigenvalue weighted by Gasteiger charge is -2.37. The second kappa shape index (κ2) is 10.7. The number of ether oxygens (including phenoxy) is 2. The Hall–Kier alpha value is -4.73. The van der Waals surface area contributed by atoms with Gasteiger partial charge in [-0.05, 0) is 52.0 Å². The summed E-state index contributed by atoms with van der Waals surface area (Å²) in [6.45, 7) is 9.34. The number of rotatable bonds is 5. The molecule has 11 nitrogen and oxygen atoms in total. The molecule has 4 aromatic rings. The Morgan fingerprint density at radius 3 is 2.46 bits per heavy atom. The molecule has 0 atom stereocenters. The number of halogens is 2. The van der Waals surface area contributed by atoms with E-state index in [9.17, 15) is 18.8 Å². The molecule has 0 radical (unpaired) electrons. The number of anilines is 1. The number of fused-ring (bicyclic) bond motifs is 1. The number of carbonyl (C=O) groups excluding carboxylic acids is 1. The average molecular weight is 565 g/mol. The number of hydrogen-bond acceptors (Lipinski definition) is 8. The van der Waals surface area contributed by atoms with Gasteiger partial charge in [0.05, 0.1) is 29.4 Å². The zero-order valence-electron chi connectivity index (χ0n) is 23.4. The zero-order valence-corrected chi connectivity index (χ0v) is 23.4. The van der Waals surface area contributed by atoms with Crippen molar-refractivity contribution in [1.29, 1.82) is 5.26 Å². The van der Waals surface area contributed by atoms with Crippen molar-refractivity contribution in [2.45, 2.75) is 39.7 Å². The van der Waals surface area contributed by atoms with Crippen molar-refractivity contribution in [2.75, 3.05) is 38.2 Å². The van der Waals surface area contributed by atoms with Crippen LogP contribution in [0.15, 0.2) is 36.7 Å². The van der Waals surface area contributed by atoms with E-state index in [1.165, 1.54) is 22.9 Å². The van der Waals surface area contributed by atoms with Gasteiger partial charge >= 0.3 is 6.09 Å². The summed E-state index contributed by atoms with van der Waals surface area (Å²) in [6.07, 6.45) is -1.56. The number of nitriles is 1. The molecule has 1 amide bonds. The van der Waals surface area contributed by atoms with Crippen molar-refractivity contribution in [3.05, 3.63) is 53.6 Å². The first kappa shape index (κ1) is 27.8. The highest BCUT2D eigenvalue weighted by Gasteiger charge is 2.28. The van der Waals surface area contributed by atoms with Gasteiger partial charge in [0.2, 0.25) is 0 Å². The molecule has 3 aromatic heterocycles. The van der Waals surface area contributed by atoms with Crippen molar-refractivity contribution >= 4 is 22.8 Å². The molecule has 0 spiro atoms. The fourth-order valence-corrected chi connectivity index (χ4v) is 4.74. The lowest BCUT2D eigenvalue weighted by atomic mass is 10.2. The third kappa shape index (κ3) is 5.50. The molecule has 0 bridgehead atoms. The van der Waals surface area contributed by atoms with E-state index in [4.69, 9.17) is 9.47 Å². The SMILES string of the molecule is COc1cc2c(cc1N1CCN(C(=O)OC(C)(C)C)CC1)ncn2-c1ccc(C(F)F)c(-n2nc(C#N)cc2C)n1. The number of benzene rings is 1. The van der Waals surface area contributed by atoms with Crippen molar-refractivity contribution in [3.8, 4) is 23.5 Å². The van der Waals surface area contributed by atoms with E-state index in [0.717, 1.165) is 5.69 Å². The summed E-state index contributed by atoms with van der Waals surface area (Å²) in [5.41, 5.74) is 1.88. The molecule has 1 aliphatic rings. The van der Waals surface area contributed by atoms with Gasteiger partial charge in [-0.2, -0.15) is 10.4 Å². The largest absolute Gasteiger partial charge is 0.495 e. The van der Waals surface area contributed by atoms with Crippen LogP contribution in [-0.2, 0) is 4.74 Å². The van der Waals surface area contributed by atoms with Crippen LogP contribution in [0.4, 0.5) is 19.3 Å². The Bertz CT molecular complexity index is 1640. The number of imidazole rings is 1. The first-order valence-corrected chi connectivity index (χ1v) is 13.0. The first-order valence-electron chi connectivity index (χ1n) is 13.0. The smallest absolute Gasteiger partial charge is 0.410 e. The molecular formula is C28H30F2N8O3. The lowest BCUT2D eigenvalue weighted by molar-refractivity contribution is 0.0240. The predicted octanol–water partition coefficient (Wildman–Crippen LogP) is 4.79. The third-order valence-electron chi connectivity index (χ3n) is 6.70. The maximum atomic E-state index is 13.9. The van der Waals surface area contributed by atoms with Crippen LogP contribution in [0.1, 0.15) is 44.1 Å². The first-order chi connectivity index (χ1) is 19.5. The number of pyridine rings is 1. The number of methoxy groups -OCH3 is 1. The molecule has 41 heavy (non-hydrogen) atoms. The second-order valence-electron chi connectivity index (χ2n) is 10.7. The highest BCUT2D eigenvalue weighted by Crippen LogP contribution is 2.35. The summed E-state index contributed by atoms with van der Waals surface area (Å²) in [5, 5.41) is 13.4. The number of aromatic nitrogens is 5. The Labute approximate surface area is 235 Å². The Balaban J connectivity index is 1.47. The lowest BCUT2D eigenvalue weighted by Crippen LogP contribution is -2.50. The quantitative estimate of drug-likeness (QED) is 0.340. The molecule has 1 fully saturated rings. The molecule has 1 aliphatic heterocycles. The van der Waals surface area contributed by atoms with Crippen molar-refractivity contribution in [2.24, 2.45) is 0 Å². The van der Waals surface area contributed by atoms with Gasteiger partial charge in [-0.3, -0.25) is 4.57 Å². The summed E-state index contributed by atoms with van der Waals surface area (Å²) in [6, 6.07) is 9.96. The van der Waals surface area contributed by atoms with E-state index in [1.807, 2.05) is 39.0 Å². The number of amides is 1. The molecular weight excluding hydrogens is 534 g/mol. The minimum atomic E-state index is -2.79. The van der Waals surface area contributed by atoms with E-state index >= 15 is 0 Å². The molecule has 1 aromatic carbocycles. The van der Waals surface area contributed by atoms with Crippen LogP contribution in [0.2, 0.25) is 0 Å².